The van der Waals surface area contributed by atoms with E-state index in [2.05, 4.69) is 72.9 Å². The van der Waals surface area contributed by atoms with Gasteiger partial charge in [-0.3, -0.25) is 0 Å². The molecule has 32 heavy (non-hydrogen) atoms. The Kier molecular flexibility index (Phi) is 9.00. The van der Waals surface area contributed by atoms with Crippen LogP contribution in [0.4, 0.5) is 0 Å². The van der Waals surface area contributed by atoms with Crippen molar-refractivity contribution >= 4 is 0 Å². The minimum atomic E-state index is 0.423. The van der Waals surface area contributed by atoms with Crippen LogP contribution in [0.5, 0.6) is 17.2 Å². The summed E-state index contributed by atoms with van der Waals surface area (Å²) in [6, 6.07) is 26.1. The first-order valence-electron chi connectivity index (χ1n) is 11.4. The van der Waals surface area contributed by atoms with Gasteiger partial charge in [-0.1, -0.05) is 60.7 Å². The van der Waals surface area contributed by atoms with Crippen LogP contribution in [0.15, 0.2) is 72.8 Å². The van der Waals surface area contributed by atoms with Gasteiger partial charge in [0.15, 0.2) is 11.5 Å². The van der Waals surface area contributed by atoms with Gasteiger partial charge in [0, 0.05) is 24.8 Å². The predicted octanol–water partition coefficient (Wildman–Crippen LogP) is 4.82. The molecule has 0 fully saturated rings. The molecule has 4 nitrogen and oxygen atoms in total. The van der Waals surface area contributed by atoms with Crippen LogP contribution in [-0.2, 0) is 6.42 Å². The summed E-state index contributed by atoms with van der Waals surface area (Å²) in [7, 11) is 5.01. The molecule has 0 spiro atoms. The summed E-state index contributed by atoms with van der Waals surface area (Å²) in [5.41, 5.74) is 3.92. The number of methoxy groups -OCH3 is 3. The van der Waals surface area contributed by atoms with Gasteiger partial charge in [-0.25, -0.2) is 0 Å². The molecule has 2 N–H and O–H groups in total. The minimum absolute atomic E-state index is 0.423. The first-order chi connectivity index (χ1) is 15.7. The van der Waals surface area contributed by atoms with Crippen molar-refractivity contribution in [3.8, 4) is 17.2 Å². The molecular formula is C28H36NO3+. The molecule has 0 aromatic heterocycles. The Labute approximate surface area is 192 Å². The van der Waals surface area contributed by atoms with Gasteiger partial charge in [0.1, 0.15) is 5.75 Å². The zero-order chi connectivity index (χ0) is 22.8. The molecule has 0 radical (unpaired) electrons. The third-order valence-corrected chi connectivity index (χ3v) is 6.08. The van der Waals surface area contributed by atoms with Crippen LogP contribution in [0.2, 0.25) is 0 Å². The topological polar surface area (TPSA) is 44.3 Å². The highest BCUT2D eigenvalue weighted by atomic mass is 16.5. The molecule has 170 valence electrons. The van der Waals surface area contributed by atoms with Crippen LogP contribution in [0.1, 0.15) is 42.4 Å². The molecule has 0 saturated heterocycles. The van der Waals surface area contributed by atoms with Crippen molar-refractivity contribution in [3.05, 3.63) is 89.5 Å². The Balaban J connectivity index is 1.58. The average Bonchev–Trinajstić information content (AvgIpc) is 2.85. The Morgan fingerprint density at radius 1 is 0.688 bits per heavy atom. The molecule has 0 saturated carbocycles. The molecule has 0 unspecified atom stereocenters. The number of nitrogens with two attached hydrogens (primary N) is 1. The molecule has 0 bridgehead atoms. The largest absolute Gasteiger partial charge is 0.496 e. The van der Waals surface area contributed by atoms with Crippen LogP contribution >= 0.6 is 0 Å². The summed E-state index contributed by atoms with van der Waals surface area (Å²) >= 11 is 0. The zero-order valence-electron chi connectivity index (χ0n) is 19.7. The molecule has 4 heteroatoms. The molecule has 3 aromatic rings. The lowest BCUT2D eigenvalue weighted by atomic mass is 9.88. The van der Waals surface area contributed by atoms with E-state index in [1.165, 1.54) is 11.1 Å². The maximum absolute atomic E-state index is 5.58. The van der Waals surface area contributed by atoms with E-state index in [0.717, 1.165) is 42.9 Å². The summed E-state index contributed by atoms with van der Waals surface area (Å²) in [5, 5.41) is 2.46. The van der Waals surface area contributed by atoms with Gasteiger partial charge < -0.3 is 19.5 Å². The van der Waals surface area contributed by atoms with Crippen LogP contribution in [0.25, 0.3) is 0 Å². The van der Waals surface area contributed by atoms with Crippen molar-refractivity contribution < 1.29 is 19.5 Å². The fourth-order valence-corrected chi connectivity index (χ4v) is 4.23. The van der Waals surface area contributed by atoms with E-state index in [-0.39, 0.29) is 0 Å². The van der Waals surface area contributed by atoms with E-state index in [1.807, 2.05) is 12.1 Å². The standard InChI is InChI=1S/C28H35NO3/c1-21(15-16-24-19-27(31-3)28(32-4)20-26(24)30-2)29-18-17-25(22-11-7-5-8-12-22)23-13-9-6-10-14-23/h5-14,19-21,25,29H,15-18H2,1-4H3/p+1/t21-/m1/s1. The van der Waals surface area contributed by atoms with Crippen molar-refractivity contribution in [1.29, 1.82) is 0 Å². The van der Waals surface area contributed by atoms with Crippen LogP contribution in [0.3, 0.4) is 0 Å². The van der Waals surface area contributed by atoms with E-state index in [1.54, 1.807) is 21.3 Å². The lowest BCUT2D eigenvalue weighted by Gasteiger charge is -2.19. The molecule has 3 aromatic carbocycles. The summed E-state index contributed by atoms with van der Waals surface area (Å²) in [5.74, 6) is 2.71. The fourth-order valence-electron chi connectivity index (χ4n) is 4.23. The van der Waals surface area contributed by atoms with Gasteiger partial charge in [0.2, 0.25) is 0 Å². The molecule has 0 aliphatic heterocycles. The normalized spacial score (nSPS) is 11.9. The number of hydrogen-bond donors (Lipinski definition) is 1. The van der Waals surface area contributed by atoms with E-state index < -0.39 is 0 Å². The Morgan fingerprint density at radius 3 is 1.75 bits per heavy atom. The second kappa shape index (κ2) is 12.2. The molecule has 0 heterocycles. The number of benzene rings is 3. The Morgan fingerprint density at radius 2 is 1.22 bits per heavy atom. The third kappa shape index (κ3) is 6.27. The molecule has 1 atom stereocenters. The van der Waals surface area contributed by atoms with Gasteiger partial charge in [-0.05, 0) is 36.1 Å². The van der Waals surface area contributed by atoms with Crippen molar-refractivity contribution in [2.75, 3.05) is 27.9 Å². The highest BCUT2D eigenvalue weighted by Crippen LogP contribution is 2.35. The molecule has 0 aliphatic rings. The van der Waals surface area contributed by atoms with Crippen molar-refractivity contribution in [3.63, 3.8) is 0 Å². The minimum Gasteiger partial charge on any atom is -0.496 e. The molecule has 3 rings (SSSR count). The second-order valence-electron chi connectivity index (χ2n) is 8.22. The first-order valence-corrected chi connectivity index (χ1v) is 11.4. The summed E-state index contributed by atoms with van der Waals surface area (Å²) in [6.45, 7) is 3.38. The summed E-state index contributed by atoms with van der Waals surface area (Å²) in [4.78, 5) is 0. The van der Waals surface area contributed by atoms with Crippen LogP contribution in [-0.4, -0.2) is 33.9 Å². The van der Waals surface area contributed by atoms with E-state index in [0.29, 0.717) is 17.7 Å². The maximum Gasteiger partial charge on any atom is 0.164 e. The number of hydrogen-bond acceptors (Lipinski definition) is 3. The Bertz CT molecular complexity index is 904. The fraction of sp³-hybridized carbons (Fsp3) is 0.357. The van der Waals surface area contributed by atoms with Gasteiger partial charge in [-0.2, -0.15) is 0 Å². The van der Waals surface area contributed by atoms with Gasteiger partial charge >= 0.3 is 0 Å². The zero-order valence-corrected chi connectivity index (χ0v) is 19.7. The monoisotopic (exact) mass is 434 g/mol. The van der Waals surface area contributed by atoms with Crippen molar-refractivity contribution in [1.82, 2.24) is 0 Å². The summed E-state index contributed by atoms with van der Waals surface area (Å²) in [6.07, 6.45) is 3.10. The van der Waals surface area contributed by atoms with Crippen molar-refractivity contribution in [2.24, 2.45) is 0 Å². The molecule has 0 aliphatic carbocycles. The second-order valence-corrected chi connectivity index (χ2v) is 8.22. The molecule has 0 amide bonds. The quantitative estimate of drug-likeness (QED) is 0.445. The predicted molar refractivity (Wildman–Crippen MR) is 130 cm³/mol. The Hall–Kier alpha value is -2.98. The highest BCUT2D eigenvalue weighted by Gasteiger charge is 2.17. The smallest absolute Gasteiger partial charge is 0.164 e. The van der Waals surface area contributed by atoms with Crippen molar-refractivity contribution in [2.45, 2.75) is 38.1 Å². The third-order valence-electron chi connectivity index (χ3n) is 6.08. The lowest BCUT2D eigenvalue weighted by Crippen LogP contribution is -2.89. The van der Waals surface area contributed by atoms with Crippen LogP contribution < -0.4 is 19.5 Å². The number of rotatable bonds is 12. The molecular weight excluding hydrogens is 398 g/mol. The SMILES string of the molecule is COc1cc(OC)c(OC)cc1CC[C@@H](C)[NH2+]CCC(c1ccccc1)c1ccccc1. The number of quaternary nitrogens is 1. The van der Waals surface area contributed by atoms with E-state index in [4.69, 9.17) is 14.2 Å². The number of aryl methyl sites for hydroxylation is 1. The highest BCUT2D eigenvalue weighted by molar-refractivity contribution is 5.50. The van der Waals surface area contributed by atoms with E-state index in [9.17, 15) is 0 Å². The van der Waals surface area contributed by atoms with Gasteiger partial charge in [-0.15, -0.1) is 0 Å². The maximum atomic E-state index is 5.58. The van der Waals surface area contributed by atoms with Gasteiger partial charge in [0.05, 0.1) is 33.9 Å². The lowest BCUT2D eigenvalue weighted by molar-refractivity contribution is -0.687. The summed E-state index contributed by atoms with van der Waals surface area (Å²) < 4.78 is 16.5. The van der Waals surface area contributed by atoms with E-state index >= 15 is 0 Å². The average molecular weight is 435 g/mol. The first kappa shape index (κ1) is 23.7. The van der Waals surface area contributed by atoms with Crippen LogP contribution in [0, 0.1) is 0 Å². The van der Waals surface area contributed by atoms with Gasteiger partial charge in [0.25, 0.3) is 0 Å². The number of ether oxygens (including phenoxy) is 3.